The van der Waals surface area contributed by atoms with Gasteiger partial charge in [-0.3, -0.25) is 4.98 Å². The van der Waals surface area contributed by atoms with E-state index in [-0.39, 0.29) is 0 Å². The number of nitrogens with zero attached hydrogens (tertiary/aromatic N) is 1. The van der Waals surface area contributed by atoms with Gasteiger partial charge in [0.2, 0.25) is 0 Å². The normalized spacial score (nSPS) is 10.7. The lowest BCUT2D eigenvalue weighted by atomic mass is 10.0. The maximum atomic E-state index is 6.12. The number of fused-ring (bicyclic) bond motifs is 1. The van der Waals surface area contributed by atoms with Crippen LogP contribution in [0, 0.1) is 0 Å². The average molecular weight is 298 g/mol. The Hall–Kier alpha value is -2.06. The van der Waals surface area contributed by atoms with E-state index in [1.54, 1.807) is 6.20 Å². The first-order chi connectivity index (χ1) is 10.4. The van der Waals surface area contributed by atoms with Gasteiger partial charge in [-0.15, -0.1) is 11.6 Å². The van der Waals surface area contributed by atoms with Crippen LogP contribution in [0.4, 0.5) is 0 Å². The van der Waals surface area contributed by atoms with Crippen molar-refractivity contribution in [2.24, 2.45) is 0 Å². The van der Waals surface area contributed by atoms with E-state index in [1.165, 1.54) is 10.9 Å². The molecular formula is C18H16ClNO. The van der Waals surface area contributed by atoms with Crippen molar-refractivity contribution in [1.82, 2.24) is 4.98 Å². The number of ether oxygens (including phenoxy) is 1. The van der Waals surface area contributed by atoms with E-state index < -0.39 is 0 Å². The van der Waals surface area contributed by atoms with Crippen LogP contribution in [0.1, 0.15) is 11.1 Å². The molecule has 0 aliphatic carbocycles. The van der Waals surface area contributed by atoms with Crippen molar-refractivity contribution in [3.05, 3.63) is 72.1 Å². The van der Waals surface area contributed by atoms with Crippen molar-refractivity contribution in [2.75, 3.05) is 6.61 Å². The van der Waals surface area contributed by atoms with Crippen LogP contribution in [0.15, 0.2) is 60.9 Å². The van der Waals surface area contributed by atoms with Crippen LogP contribution in [0.2, 0.25) is 0 Å². The Kier molecular flexibility index (Phi) is 4.37. The van der Waals surface area contributed by atoms with Crippen LogP contribution in [-0.4, -0.2) is 11.6 Å². The van der Waals surface area contributed by atoms with E-state index in [4.69, 9.17) is 16.3 Å². The quantitative estimate of drug-likeness (QED) is 0.642. The third kappa shape index (κ3) is 3.17. The summed E-state index contributed by atoms with van der Waals surface area (Å²) in [5.74, 6) is 1.32. The molecule has 0 atom stereocenters. The molecule has 0 saturated heterocycles. The maximum Gasteiger partial charge on any atom is 0.124 e. The summed E-state index contributed by atoms with van der Waals surface area (Å²) in [5, 5.41) is 2.35. The second kappa shape index (κ2) is 6.59. The summed E-state index contributed by atoms with van der Waals surface area (Å²) in [6, 6.07) is 16.3. The van der Waals surface area contributed by atoms with Crippen molar-refractivity contribution >= 4 is 22.4 Å². The first-order valence-corrected chi connectivity index (χ1v) is 7.50. The molecule has 1 aromatic heterocycles. The minimum Gasteiger partial charge on any atom is -0.493 e. The molecule has 3 rings (SSSR count). The number of aromatic nitrogens is 1. The number of halogens is 1. The first kappa shape index (κ1) is 13.9. The van der Waals surface area contributed by atoms with Crippen molar-refractivity contribution in [3.63, 3.8) is 0 Å². The van der Waals surface area contributed by atoms with Crippen molar-refractivity contribution in [2.45, 2.75) is 12.3 Å². The summed E-state index contributed by atoms with van der Waals surface area (Å²) in [6.07, 6.45) is 4.48. The molecule has 0 unspecified atom stereocenters. The number of alkyl halides is 1. The first-order valence-electron chi connectivity index (χ1n) is 6.97. The van der Waals surface area contributed by atoms with Gasteiger partial charge in [0.1, 0.15) is 5.75 Å². The predicted octanol–water partition coefficient (Wildman–Crippen LogP) is 4.60. The Morgan fingerprint density at radius 1 is 1.00 bits per heavy atom. The van der Waals surface area contributed by atoms with Gasteiger partial charge in [-0.1, -0.05) is 36.4 Å². The van der Waals surface area contributed by atoms with Gasteiger partial charge in [-0.25, -0.2) is 0 Å². The molecule has 0 aliphatic rings. The third-order valence-electron chi connectivity index (χ3n) is 3.50. The highest BCUT2D eigenvalue weighted by molar-refractivity contribution is 6.18. The van der Waals surface area contributed by atoms with Crippen LogP contribution < -0.4 is 4.74 Å². The van der Waals surface area contributed by atoms with E-state index in [0.29, 0.717) is 12.5 Å². The fraction of sp³-hybridized carbons (Fsp3) is 0.167. The van der Waals surface area contributed by atoms with Crippen LogP contribution in [-0.2, 0) is 12.3 Å². The molecule has 106 valence electrons. The van der Waals surface area contributed by atoms with Crippen molar-refractivity contribution < 1.29 is 4.74 Å². The Labute approximate surface area is 129 Å². The van der Waals surface area contributed by atoms with Gasteiger partial charge in [0.15, 0.2) is 0 Å². The summed E-state index contributed by atoms with van der Waals surface area (Å²) >= 11 is 6.12. The summed E-state index contributed by atoms with van der Waals surface area (Å²) < 4.78 is 5.93. The predicted molar refractivity (Wildman–Crippen MR) is 86.9 cm³/mol. The number of pyridine rings is 1. The van der Waals surface area contributed by atoms with Gasteiger partial charge >= 0.3 is 0 Å². The Bertz CT molecular complexity index is 728. The number of hydrogen-bond acceptors (Lipinski definition) is 2. The van der Waals surface area contributed by atoms with E-state index in [9.17, 15) is 0 Å². The van der Waals surface area contributed by atoms with Crippen molar-refractivity contribution in [1.29, 1.82) is 0 Å². The minimum absolute atomic E-state index is 0.448. The summed E-state index contributed by atoms with van der Waals surface area (Å²) in [7, 11) is 0. The molecule has 3 aromatic rings. The number of rotatable bonds is 5. The molecule has 0 amide bonds. The van der Waals surface area contributed by atoms with Gasteiger partial charge < -0.3 is 4.74 Å². The highest BCUT2D eigenvalue weighted by Crippen LogP contribution is 2.29. The minimum atomic E-state index is 0.448. The molecule has 2 nitrogen and oxygen atoms in total. The molecular weight excluding hydrogens is 282 g/mol. The molecule has 0 fully saturated rings. The molecule has 0 radical (unpaired) electrons. The summed E-state index contributed by atoms with van der Waals surface area (Å²) in [5.41, 5.74) is 2.23. The largest absolute Gasteiger partial charge is 0.493 e. The monoisotopic (exact) mass is 297 g/mol. The van der Waals surface area contributed by atoms with Gasteiger partial charge in [-0.2, -0.15) is 0 Å². The topological polar surface area (TPSA) is 22.1 Å². The highest BCUT2D eigenvalue weighted by Gasteiger charge is 2.07. The second-order valence-electron chi connectivity index (χ2n) is 4.86. The standard InChI is InChI=1S/C18H16ClNO/c19-12-17-16-6-2-1-5-15(16)7-8-18(17)21-11-9-14-4-3-10-20-13-14/h1-8,10,13H,9,11-12H2. The zero-order valence-corrected chi connectivity index (χ0v) is 12.4. The van der Waals surface area contributed by atoms with Crippen LogP contribution >= 0.6 is 11.6 Å². The van der Waals surface area contributed by atoms with E-state index in [1.807, 2.05) is 30.5 Å². The molecule has 21 heavy (non-hydrogen) atoms. The van der Waals surface area contributed by atoms with Crippen LogP contribution in [0.25, 0.3) is 10.8 Å². The Morgan fingerprint density at radius 3 is 2.71 bits per heavy atom. The molecule has 0 N–H and O–H groups in total. The molecule has 1 heterocycles. The molecule has 2 aromatic carbocycles. The highest BCUT2D eigenvalue weighted by atomic mass is 35.5. The van der Waals surface area contributed by atoms with Crippen molar-refractivity contribution in [3.8, 4) is 5.75 Å². The molecule has 0 saturated carbocycles. The number of benzene rings is 2. The Morgan fingerprint density at radius 2 is 1.90 bits per heavy atom. The lowest BCUT2D eigenvalue weighted by Crippen LogP contribution is -2.03. The smallest absolute Gasteiger partial charge is 0.124 e. The molecule has 0 bridgehead atoms. The fourth-order valence-electron chi connectivity index (χ4n) is 2.41. The van der Waals surface area contributed by atoms with E-state index >= 15 is 0 Å². The average Bonchev–Trinajstić information content (AvgIpc) is 2.55. The molecule has 3 heteroatoms. The Balaban J connectivity index is 1.77. The zero-order chi connectivity index (χ0) is 14.5. The van der Waals surface area contributed by atoms with Crippen LogP contribution in [0.5, 0.6) is 5.75 Å². The van der Waals surface area contributed by atoms with Gasteiger partial charge in [-0.05, 0) is 28.5 Å². The summed E-state index contributed by atoms with van der Waals surface area (Å²) in [6.45, 7) is 0.619. The fourth-order valence-corrected chi connectivity index (χ4v) is 2.69. The van der Waals surface area contributed by atoms with Gasteiger partial charge in [0.05, 0.1) is 12.5 Å². The van der Waals surface area contributed by atoms with E-state index in [0.717, 1.165) is 23.1 Å². The third-order valence-corrected chi connectivity index (χ3v) is 3.77. The lowest BCUT2D eigenvalue weighted by Gasteiger charge is -2.12. The second-order valence-corrected chi connectivity index (χ2v) is 5.12. The maximum absolute atomic E-state index is 6.12. The summed E-state index contributed by atoms with van der Waals surface area (Å²) in [4.78, 5) is 4.11. The number of hydrogen-bond donors (Lipinski definition) is 0. The lowest BCUT2D eigenvalue weighted by molar-refractivity contribution is 0.320. The molecule has 0 aliphatic heterocycles. The molecule has 0 spiro atoms. The van der Waals surface area contributed by atoms with E-state index in [2.05, 4.69) is 29.2 Å². The zero-order valence-electron chi connectivity index (χ0n) is 11.6. The SMILES string of the molecule is ClCc1c(OCCc2cccnc2)ccc2ccccc12. The van der Waals surface area contributed by atoms with Crippen LogP contribution in [0.3, 0.4) is 0 Å². The van der Waals surface area contributed by atoms with Gasteiger partial charge in [0.25, 0.3) is 0 Å². The van der Waals surface area contributed by atoms with Gasteiger partial charge in [0, 0.05) is 24.4 Å².